The predicted molar refractivity (Wildman–Crippen MR) is 93.4 cm³/mol. The normalized spacial score (nSPS) is 22.9. The van der Waals surface area contributed by atoms with Crippen LogP contribution in [0.3, 0.4) is 0 Å². The highest BCUT2D eigenvalue weighted by Gasteiger charge is 2.21. The van der Waals surface area contributed by atoms with Gasteiger partial charge in [0.2, 0.25) is 0 Å². The topological polar surface area (TPSA) is 61.4 Å². The quantitative estimate of drug-likeness (QED) is 0.773. The summed E-state index contributed by atoms with van der Waals surface area (Å²) in [6.45, 7) is 2.42. The zero-order valence-electron chi connectivity index (χ0n) is 13.3. The van der Waals surface area contributed by atoms with Crippen LogP contribution in [0.1, 0.15) is 43.4 Å². The van der Waals surface area contributed by atoms with Gasteiger partial charge in [0.15, 0.2) is 0 Å². The molecule has 1 aliphatic carbocycles. The standard InChI is InChI=1S/C17H26N2O2S/c1-12(22-2)14-4-3-5-16(10-14)19-17(21)18-15-8-6-13(11-20)7-9-15/h3-5,10,12-13,15,20H,6-9,11H2,1-2H3,(H2,18,19,21)/t12-,13?,15?/m0/s1. The van der Waals surface area contributed by atoms with E-state index < -0.39 is 0 Å². The van der Waals surface area contributed by atoms with Gasteiger partial charge in [-0.3, -0.25) is 0 Å². The minimum Gasteiger partial charge on any atom is -0.396 e. The van der Waals surface area contributed by atoms with Crippen molar-refractivity contribution in [2.75, 3.05) is 18.2 Å². The van der Waals surface area contributed by atoms with Gasteiger partial charge in [-0.25, -0.2) is 4.79 Å². The molecule has 5 heteroatoms. The summed E-state index contributed by atoms with van der Waals surface area (Å²) in [6, 6.07) is 8.09. The van der Waals surface area contributed by atoms with Gasteiger partial charge in [-0.1, -0.05) is 12.1 Å². The van der Waals surface area contributed by atoms with Crippen molar-refractivity contribution in [2.45, 2.75) is 43.9 Å². The molecule has 3 N–H and O–H groups in total. The van der Waals surface area contributed by atoms with Crippen molar-refractivity contribution in [3.05, 3.63) is 29.8 Å². The van der Waals surface area contributed by atoms with Crippen molar-refractivity contribution in [2.24, 2.45) is 5.92 Å². The number of nitrogens with one attached hydrogen (secondary N) is 2. The average molecular weight is 322 g/mol. The Labute approximate surface area is 137 Å². The first-order valence-electron chi connectivity index (χ1n) is 7.93. The Balaban J connectivity index is 1.84. The van der Waals surface area contributed by atoms with Crippen LogP contribution < -0.4 is 10.6 Å². The highest BCUT2D eigenvalue weighted by Crippen LogP contribution is 2.27. The highest BCUT2D eigenvalue weighted by atomic mass is 32.2. The molecule has 0 spiro atoms. The Kier molecular flexibility index (Phi) is 6.58. The number of amides is 2. The van der Waals surface area contributed by atoms with Gasteiger partial charge in [-0.15, -0.1) is 0 Å². The number of benzene rings is 1. The first-order chi connectivity index (χ1) is 10.6. The molecule has 4 nitrogen and oxygen atoms in total. The van der Waals surface area contributed by atoms with E-state index in [4.69, 9.17) is 5.11 Å². The van der Waals surface area contributed by atoms with Crippen molar-refractivity contribution < 1.29 is 9.90 Å². The van der Waals surface area contributed by atoms with E-state index in [0.29, 0.717) is 11.2 Å². The monoisotopic (exact) mass is 322 g/mol. The van der Waals surface area contributed by atoms with Gasteiger partial charge >= 0.3 is 6.03 Å². The van der Waals surface area contributed by atoms with E-state index in [9.17, 15) is 4.79 Å². The number of thioether (sulfide) groups is 1. The second kappa shape index (κ2) is 8.44. The second-order valence-electron chi connectivity index (χ2n) is 6.00. The molecule has 2 amide bonds. The van der Waals surface area contributed by atoms with Crippen molar-refractivity contribution in [3.63, 3.8) is 0 Å². The van der Waals surface area contributed by atoms with Crippen LogP contribution in [0.15, 0.2) is 24.3 Å². The lowest BCUT2D eigenvalue weighted by molar-refractivity contribution is 0.176. The predicted octanol–water partition coefficient (Wildman–Crippen LogP) is 3.78. The fourth-order valence-corrected chi connectivity index (χ4v) is 3.27. The van der Waals surface area contributed by atoms with Crippen LogP contribution >= 0.6 is 11.8 Å². The third kappa shape index (κ3) is 4.92. The van der Waals surface area contributed by atoms with E-state index in [-0.39, 0.29) is 18.7 Å². The number of aliphatic hydroxyl groups excluding tert-OH is 1. The minimum absolute atomic E-state index is 0.138. The molecule has 1 atom stereocenters. The van der Waals surface area contributed by atoms with Crippen molar-refractivity contribution in [1.29, 1.82) is 0 Å². The molecule has 1 aliphatic rings. The summed E-state index contributed by atoms with van der Waals surface area (Å²) in [5.74, 6) is 0.408. The molecule has 0 saturated heterocycles. The number of carbonyl (C=O) groups excluding carboxylic acids is 1. The van der Waals surface area contributed by atoms with Gasteiger partial charge in [0, 0.05) is 23.6 Å². The third-order valence-electron chi connectivity index (χ3n) is 4.41. The van der Waals surface area contributed by atoms with Crippen LogP contribution in [-0.2, 0) is 0 Å². The molecule has 0 heterocycles. The van der Waals surface area contributed by atoms with Gasteiger partial charge in [-0.2, -0.15) is 11.8 Å². The van der Waals surface area contributed by atoms with Crippen LogP contribution in [0.25, 0.3) is 0 Å². The third-order valence-corrected chi connectivity index (χ3v) is 5.39. The fraction of sp³-hybridized carbons (Fsp3) is 0.588. The van der Waals surface area contributed by atoms with E-state index in [2.05, 4.69) is 29.9 Å². The van der Waals surface area contributed by atoms with Gasteiger partial charge < -0.3 is 15.7 Å². The zero-order chi connectivity index (χ0) is 15.9. The minimum atomic E-state index is -0.138. The number of aliphatic hydroxyl groups is 1. The first kappa shape index (κ1) is 17.2. The van der Waals surface area contributed by atoms with E-state index in [1.807, 2.05) is 18.2 Å². The van der Waals surface area contributed by atoms with Crippen molar-refractivity contribution in [1.82, 2.24) is 5.32 Å². The molecular formula is C17H26N2O2S. The summed E-state index contributed by atoms with van der Waals surface area (Å²) in [5, 5.41) is 15.5. The molecular weight excluding hydrogens is 296 g/mol. The molecule has 0 aromatic heterocycles. The summed E-state index contributed by atoms with van der Waals surface area (Å²) >= 11 is 1.79. The molecule has 22 heavy (non-hydrogen) atoms. The highest BCUT2D eigenvalue weighted by molar-refractivity contribution is 7.98. The maximum absolute atomic E-state index is 12.1. The number of anilines is 1. The van der Waals surface area contributed by atoms with Crippen LogP contribution in [0.2, 0.25) is 0 Å². The molecule has 2 rings (SSSR count). The number of carbonyl (C=O) groups is 1. The molecule has 122 valence electrons. The summed E-state index contributed by atoms with van der Waals surface area (Å²) < 4.78 is 0. The van der Waals surface area contributed by atoms with E-state index in [1.54, 1.807) is 11.8 Å². The fourth-order valence-electron chi connectivity index (χ4n) is 2.85. The van der Waals surface area contributed by atoms with Crippen LogP contribution in [0.4, 0.5) is 10.5 Å². The lowest BCUT2D eigenvalue weighted by atomic mass is 9.87. The van der Waals surface area contributed by atoms with Gasteiger partial charge in [0.05, 0.1) is 0 Å². The zero-order valence-corrected chi connectivity index (χ0v) is 14.2. The number of urea groups is 1. The Morgan fingerprint density at radius 1 is 1.36 bits per heavy atom. The lowest BCUT2D eigenvalue weighted by Gasteiger charge is -2.28. The van der Waals surface area contributed by atoms with Gasteiger partial charge in [-0.05, 0) is 62.5 Å². The molecule has 0 radical (unpaired) electrons. The van der Waals surface area contributed by atoms with E-state index >= 15 is 0 Å². The average Bonchev–Trinajstić information content (AvgIpc) is 2.55. The van der Waals surface area contributed by atoms with Crippen molar-refractivity contribution in [3.8, 4) is 0 Å². The SMILES string of the molecule is CS[C@@H](C)c1cccc(NC(=O)NC2CCC(CO)CC2)c1. The Morgan fingerprint density at radius 2 is 2.09 bits per heavy atom. The number of rotatable bonds is 5. The summed E-state index contributed by atoms with van der Waals surface area (Å²) in [4.78, 5) is 12.1. The smallest absolute Gasteiger partial charge is 0.319 e. The molecule has 0 aliphatic heterocycles. The van der Waals surface area contributed by atoms with E-state index in [0.717, 1.165) is 31.4 Å². The Bertz CT molecular complexity index is 487. The Morgan fingerprint density at radius 3 is 2.73 bits per heavy atom. The Hall–Kier alpha value is -1.20. The maximum atomic E-state index is 12.1. The number of hydrogen-bond donors (Lipinski definition) is 3. The maximum Gasteiger partial charge on any atom is 0.319 e. The van der Waals surface area contributed by atoms with Crippen LogP contribution in [0, 0.1) is 5.92 Å². The van der Waals surface area contributed by atoms with Gasteiger partial charge in [0.1, 0.15) is 0 Å². The molecule has 1 aromatic rings. The first-order valence-corrected chi connectivity index (χ1v) is 9.22. The van der Waals surface area contributed by atoms with Crippen LogP contribution in [0.5, 0.6) is 0 Å². The molecule has 1 fully saturated rings. The molecule has 0 bridgehead atoms. The molecule has 1 saturated carbocycles. The lowest BCUT2D eigenvalue weighted by Crippen LogP contribution is -2.40. The molecule has 1 aromatic carbocycles. The summed E-state index contributed by atoms with van der Waals surface area (Å²) in [5.41, 5.74) is 2.05. The van der Waals surface area contributed by atoms with Gasteiger partial charge in [0.25, 0.3) is 0 Å². The summed E-state index contributed by atoms with van der Waals surface area (Å²) in [7, 11) is 0. The van der Waals surface area contributed by atoms with Crippen LogP contribution in [-0.4, -0.2) is 30.0 Å². The largest absolute Gasteiger partial charge is 0.396 e. The summed E-state index contributed by atoms with van der Waals surface area (Å²) in [6.07, 6.45) is 5.95. The number of hydrogen-bond acceptors (Lipinski definition) is 3. The second-order valence-corrected chi connectivity index (χ2v) is 7.18. The van der Waals surface area contributed by atoms with E-state index in [1.165, 1.54) is 5.56 Å². The van der Waals surface area contributed by atoms with Crippen molar-refractivity contribution >= 4 is 23.5 Å². The molecule has 0 unspecified atom stereocenters.